The Kier molecular flexibility index (Phi) is 7.23. The lowest BCUT2D eigenvalue weighted by atomic mass is 10.0. The summed E-state index contributed by atoms with van der Waals surface area (Å²) in [5, 5.41) is 0. The molecular formula is C19H24INO. The maximum absolute atomic E-state index is 12.1. The Morgan fingerprint density at radius 2 is 1.45 bits per heavy atom. The highest BCUT2D eigenvalue weighted by molar-refractivity contribution is 5.81. The zero-order valence-corrected chi connectivity index (χ0v) is 15.7. The Morgan fingerprint density at radius 3 is 2.00 bits per heavy atom. The summed E-state index contributed by atoms with van der Waals surface area (Å²) < 4.78 is 0.794. The molecule has 2 aromatic carbocycles. The molecule has 0 aliphatic heterocycles. The van der Waals surface area contributed by atoms with Crippen molar-refractivity contribution in [3.63, 3.8) is 0 Å². The second kappa shape index (κ2) is 8.44. The van der Waals surface area contributed by atoms with Gasteiger partial charge in [-0.25, -0.2) is 0 Å². The van der Waals surface area contributed by atoms with Gasteiger partial charge in [0.05, 0.1) is 21.1 Å². The Labute approximate surface area is 150 Å². The first-order valence-electron chi connectivity index (χ1n) is 7.42. The van der Waals surface area contributed by atoms with Gasteiger partial charge in [0.25, 0.3) is 0 Å². The summed E-state index contributed by atoms with van der Waals surface area (Å²) in [6, 6.07) is 18.5. The number of benzene rings is 2. The van der Waals surface area contributed by atoms with Gasteiger partial charge >= 0.3 is 0 Å². The van der Waals surface area contributed by atoms with E-state index in [1.165, 1.54) is 11.3 Å². The van der Waals surface area contributed by atoms with Gasteiger partial charge in [-0.2, -0.15) is 0 Å². The van der Waals surface area contributed by atoms with E-state index < -0.39 is 0 Å². The van der Waals surface area contributed by atoms with Gasteiger partial charge in [-0.3, -0.25) is 9.28 Å². The molecule has 3 heteroatoms. The van der Waals surface area contributed by atoms with Crippen LogP contribution < -0.4 is 28.5 Å². The fourth-order valence-corrected chi connectivity index (χ4v) is 2.31. The van der Waals surface area contributed by atoms with Crippen molar-refractivity contribution >= 4 is 11.5 Å². The van der Waals surface area contributed by atoms with Gasteiger partial charge in [0.2, 0.25) is 0 Å². The fraction of sp³-hybridized carbons (Fsp3) is 0.316. The molecule has 2 aromatic rings. The molecule has 0 N–H and O–H groups in total. The average Bonchev–Trinajstić information content (AvgIpc) is 2.46. The van der Waals surface area contributed by atoms with Crippen molar-refractivity contribution in [2.24, 2.45) is 0 Å². The quantitative estimate of drug-likeness (QED) is 0.506. The number of nitrogens with zero attached hydrogens (tertiary/aromatic N) is 1. The number of rotatable bonds is 6. The Hall–Kier alpha value is -1.20. The van der Waals surface area contributed by atoms with E-state index in [4.69, 9.17) is 0 Å². The first kappa shape index (κ1) is 18.8. The van der Waals surface area contributed by atoms with Crippen molar-refractivity contribution in [2.75, 3.05) is 21.1 Å². The van der Waals surface area contributed by atoms with Gasteiger partial charge in [0.1, 0.15) is 11.5 Å². The number of ketones is 1. The largest absolute Gasteiger partial charge is 1.00 e. The normalized spacial score (nSPS) is 10.9. The summed E-state index contributed by atoms with van der Waals surface area (Å²) in [6.07, 6.45) is 1.97. The third-order valence-corrected chi connectivity index (χ3v) is 3.65. The van der Waals surface area contributed by atoms with Gasteiger partial charge in [-0.15, -0.1) is 0 Å². The van der Waals surface area contributed by atoms with Crippen LogP contribution >= 0.6 is 0 Å². The molecule has 0 aliphatic rings. The molecule has 22 heavy (non-hydrogen) atoms. The molecule has 2 rings (SSSR count). The zero-order chi connectivity index (χ0) is 15.3. The summed E-state index contributed by atoms with van der Waals surface area (Å²) in [7, 11) is 6.42. The molecule has 2 nitrogen and oxygen atoms in total. The molecular weight excluding hydrogens is 385 g/mol. The molecule has 0 spiro atoms. The number of quaternary nitrogens is 1. The van der Waals surface area contributed by atoms with Crippen LogP contribution in [0.15, 0.2) is 54.6 Å². The van der Waals surface area contributed by atoms with Crippen LogP contribution in [0.2, 0.25) is 0 Å². The molecule has 0 amide bonds. The van der Waals surface area contributed by atoms with Crippen molar-refractivity contribution in [3.05, 3.63) is 65.7 Å². The lowest BCUT2D eigenvalue weighted by Crippen LogP contribution is -3.00. The van der Waals surface area contributed by atoms with E-state index in [0.29, 0.717) is 18.6 Å². The lowest BCUT2D eigenvalue weighted by molar-refractivity contribution is -0.118. The highest BCUT2D eigenvalue weighted by Gasteiger charge is 2.12. The van der Waals surface area contributed by atoms with Crippen molar-refractivity contribution in [1.29, 1.82) is 0 Å². The van der Waals surface area contributed by atoms with Gasteiger partial charge in [-0.1, -0.05) is 42.5 Å². The predicted octanol–water partition coefficient (Wildman–Crippen LogP) is 0.632. The van der Waals surface area contributed by atoms with Crippen LogP contribution in [0.1, 0.15) is 17.5 Å². The van der Waals surface area contributed by atoms with Crippen LogP contribution in [-0.2, 0) is 17.6 Å². The van der Waals surface area contributed by atoms with Gasteiger partial charge in [0, 0.05) is 12.8 Å². The number of carbonyl (C=O) groups excluding carboxylic acids is 1. The smallest absolute Gasteiger partial charge is 0.137 e. The van der Waals surface area contributed by atoms with E-state index in [-0.39, 0.29) is 24.0 Å². The topological polar surface area (TPSA) is 17.1 Å². The van der Waals surface area contributed by atoms with Gasteiger partial charge in [-0.05, 0) is 29.7 Å². The molecule has 0 bridgehead atoms. The highest BCUT2D eigenvalue weighted by Crippen LogP contribution is 2.18. The number of aryl methyl sites for hydroxylation is 1. The van der Waals surface area contributed by atoms with E-state index >= 15 is 0 Å². The zero-order valence-electron chi connectivity index (χ0n) is 13.6. The van der Waals surface area contributed by atoms with Crippen molar-refractivity contribution in [3.8, 4) is 0 Å². The van der Waals surface area contributed by atoms with Crippen LogP contribution in [0.3, 0.4) is 0 Å². The maximum Gasteiger partial charge on any atom is 0.137 e. The third kappa shape index (κ3) is 5.89. The predicted molar refractivity (Wildman–Crippen MR) is 89.5 cm³/mol. The standard InChI is InChI=1S/C19H24NO.HI/c1-20(2,3)18-12-9-17(10-13-18)15-19(21)14-11-16-7-5-4-6-8-16;/h4-10,12-13H,11,14-15H2,1-3H3;1H/q+1;/p-1. The third-order valence-electron chi connectivity index (χ3n) is 3.65. The Bertz CT molecular complexity index is 585. The van der Waals surface area contributed by atoms with Crippen molar-refractivity contribution < 1.29 is 28.8 Å². The van der Waals surface area contributed by atoms with Crippen LogP contribution in [-0.4, -0.2) is 26.9 Å². The number of halogens is 1. The van der Waals surface area contributed by atoms with Gasteiger partial charge < -0.3 is 24.0 Å². The summed E-state index contributed by atoms with van der Waals surface area (Å²) in [5.74, 6) is 0.303. The average molecular weight is 409 g/mol. The second-order valence-corrected chi connectivity index (χ2v) is 6.38. The van der Waals surface area contributed by atoms with E-state index in [0.717, 1.165) is 16.5 Å². The number of Topliss-reactive ketones (excluding diaryl/α,β-unsaturated/α-hetero) is 1. The van der Waals surface area contributed by atoms with Crippen LogP contribution in [0.25, 0.3) is 0 Å². The lowest BCUT2D eigenvalue weighted by Gasteiger charge is -2.23. The van der Waals surface area contributed by atoms with E-state index in [9.17, 15) is 4.79 Å². The molecule has 0 atom stereocenters. The van der Waals surface area contributed by atoms with E-state index in [1.54, 1.807) is 0 Å². The summed E-state index contributed by atoms with van der Waals surface area (Å²) in [5.41, 5.74) is 3.58. The molecule has 0 aliphatic carbocycles. The van der Waals surface area contributed by atoms with Gasteiger partial charge in [0.15, 0.2) is 0 Å². The first-order chi connectivity index (χ1) is 9.95. The Balaban J connectivity index is 0.00000242. The monoisotopic (exact) mass is 409 g/mol. The molecule has 0 unspecified atom stereocenters. The van der Waals surface area contributed by atoms with Crippen LogP contribution in [0.5, 0.6) is 0 Å². The number of hydrogen-bond donors (Lipinski definition) is 0. The summed E-state index contributed by atoms with van der Waals surface area (Å²) in [4.78, 5) is 12.1. The molecule has 0 saturated heterocycles. The van der Waals surface area contributed by atoms with Crippen molar-refractivity contribution in [2.45, 2.75) is 19.3 Å². The molecule has 0 saturated carbocycles. The van der Waals surface area contributed by atoms with Crippen LogP contribution in [0.4, 0.5) is 5.69 Å². The van der Waals surface area contributed by atoms with Crippen LogP contribution in [0, 0.1) is 0 Å². The molecule has 0 radical (unpaired) electrons. The SMILES string of the molecule is C[N+](C)(C)c1ccc(CC(=O)CCc2ccccc2)cc1.[I-]. The minimum Gasteiger partial charge on any atom is -1.00 e. The van der Waals surface area contributed by atoms with E-state index in [2.05, 4.69) is 57.5 Å². The van der Waals surface area contributed by atoms with Crippen molar-refractivity contribution in [1.82, 2.24) is 4.48 Å². The molecule has 0 fully saturated rings. The number of hydrogen-bond acceptors (Lipinski definition) is 1. The van der Waals surface area contributed by atoms with E-state index in [1.807, 2.05) is 18.2 Å². The highest BCUT2D eigenvalue weighted by atomic mass is 127. The second-order valence-electron chi connectivity index (χ2n) is 6.38. The molecule has 0 aromatic heterocycles. The Morgan fingerprint density at radius 1 is 0.864 bits per heavy atom. The molecule has 118 valence electrons. The minimum absolute atomic E-state index is 0. The summed E-state index contributed by atoms with van der Waals surface area (Å²) in [6.45, 7) is 0. The number of carbonyl (C=O) groups is 1. The minimum atomic E-state index is 0. The fourth-order valence-electron chi connectivity index (χ4n) is 2.31. The first-order valence-corrected chi connectivity index (χ1v) is 7.42. The summed E-state index contributed by atoms with van der Waals surface area (Å²) >= 11 is 0. The maximum atomic E-state index is 12.1. The molecule has 0 heterocycles.